The molecule has 0 aromatic heterocycles. The van der Waals surface area contributed by atoms with Crippen LogP contribution in [0.4, 0.5) is 26.3 Å². The molecule has 0 N–H and O–H groups in total. The van der Waals surface area contributed by atoms with Crippen molar-refractivity contribution < 1.29 is 26.3 Å². The first-order chi connectivity index (χ1) is 5.13. The summed E-state index contributed by atoms with van der Waals surface area (Å²) in [5.74, 6) is -1.89. The Labute approximate surface area is 65.6 Å². The molecule has 0 aliphatic carbocycles. The lowest BCUT2D eigenvalue weighted by Crippen LogP contribution is -2.22. The van der Waals surface area contributed by atoms with Gasteiger partial charge in [0.15, 0.2) is 0 Å². The number of alkyl halides is 6. The molecule has 0 heterocycles. The van der Waals surface area contributed by atoms with Crippen LogP contribution >= 0.6 is 0 Å². The molecule has 0 aromatic carbocycles. The highest BCUT2D eigenvalue weighted by molar-refractivity contribution is 4.64. The van der Waals surface area contributed by atoms with E-state index in [1.807, 2.05) is 0 Å². The molecule has 0 saturated heterocycles. The van der Waals surface area contributed by atoms with Crippen molar-refractivity contribution in [1.29, 1.82) is 0 Å². The fourth-order valence-corrected chi connectivity index (χ4v) is 0.544. The minimum atomic E-state index is -4.52. The van der Waals surface area contributed by atoms with Crippen LogP contribution in [0.5, 0.6) is 0 Å². The Bertz CT molecular complexity index is 132. The monoisotopic (exact) mass is 194 g/mol. The van der Waals surface area contributed by atoms with Crippen LogP contribution in [-0.4, -0.2) is 12.4 Å². The third-order valence-corrected chi connectivity index (χ3v) is 1.42. The molecular formula is C6H8F6. The predicted molar refractivity (Wildman–Crippen MR) is 30.5 cm³/mol. The SMILES string of the molecule is C[C@@H](CCC(F)(F)F)C(F)(F)F. The van der Waals surface area contributed by atoms with Gasteiger partial charge in [-0.05, 0) is 6.42 Å². The quantitative estimate of drug-likeness (QED) is 0.590. The van der Waals surface area contributed by atoms with Crippen LogP contribution in [0.2, 0.25) is 0 Å². The molecule has 0 aliphatic rings. The summed E-state index contributed by atoms with van der Waals surface area (Å²) in [6, 6.07) is 0. The maximum absolute atomic E-state index is 11.7. The van der Waals surface area contributed by atoms with Crippen LogP contribution < -0.4 is 0 Å². The first-order valence-electron chi connectivity index (χ1n) is 3.26. The number of hydrogen-bond donors (Lipinski definition) is 0. The van der Waals surface area contributed by atoms with Crippen molar-refractivity contribution in [2.75, 3.05) is 0 Å². The summed E-state index contributed by atoms with van der Waals surface area (Å²) in [6.07, 6.45) is -11.3. The molecule has 0 aromatic rings. The Hall–Kier alpha value is -0.420. The van der Waals surface area contributed by atoms with Crippen LogP contribution in [0.3, 0.4) is 0 Å². The molecule has 74 valence electrons. The molecule has 0 radical (unpaired) electrons. The van der Waals surface area contributed by atoms with Gasteiger partial charge in [-0.15, -0.1) is 0 Å². The van der Waals surface area contributed by atoms with Gasteiger partial charge in [-0.3, -0.25) is 0 Å². The second-order valence-electron chi connectivity index (χ2n) is 2.60. The zero-order valence-electron chi connectivity index (χ0n) is 6.26. The van der Waals surface area contributed by atoms with Crippen LogP contribution in [0.1, 0.15) is 19.8 Å². The lowest BCUT2D eigenvalue weighted by Gasteiger charge is -2.15. The third-order valence-electron chi connectivity index (χ3n) is 1.42. The Balaban J connectivity index is 3.80. The van der Waals surface area contributed by atoms with Crippen LogP contribution in [-0.2, 0) is 0 Å². The van der Waals surface area contributed by atoms with Crippen molar-refractivity contribution in [2.45, 2.75) is 32.1 Å². The molecule has 0 aliphatic heterocycles. The number of halogens is 6. The second-order valence-corrected chi connectivity index (χ2v) is 2.60. The summed E-state index contributed by atoms with van der Waals surface area (Å²) in [6.45, 7) is 0.742. The number of hydrogen-bond acceptors (Lipinski definition) is 0. The lowest BCUT2D eigenvalue weighted by atomic mass is 10.1. The minimum Gasteiger partial charge on any atom is -0.171 e. The van der Waals surface area contributed by atoms with Crippen LogP contribution in [0, 0.1) is 5.92 Å². The van der Waals surface area contributed by atoms with E-state index >= 15 is 0 Å². The molecule has 0 spiro atoms. The van der Waals surface area contributed by atoms with Gasteiger partial charge in [0.25, 0.3) is 0 Å². The van der Waals surface area contributed by atoms with Crippen LogP contribution in [0.25, 0.3) is 0 Å². The summed E-state index contributed by atoms with van der Waals surface area (Å²) in [7, 11) is 0. The van der Waals surface area contributed by atoms with Gasteiger partial charge >= 0.3 is 12.4 Å². The Morgan fingerprint density at radius 3 is 1.67 bits per heavy atom. The van der Waals surface area contributed by atoms with Gasteiger partial charge in [-0.2, -0.15) is 26.3 Å². The predicted octanol–water partition coefficient (Wildman–Crippen LogP) is 3.53. The van der Waals surface area contributed by atoms with Crippen molar-refractivity contribution in [2.24, 2.45) is 5.92 Å². The molecule has 1 atom stereocenters. The van der Waals surface area contributed by atoms with Crippen molar-refractivity contribution in [3.8, 4) is 0 Å². The topological polar surface area (TPSA) is 0 Å². The Morgan fingerprint density at radius 1 is 1.00 bits per heavy atom. The fourth-order valence-electron chi connectivity index (χ4n) is 0.544. The minimum absolute atomic E-state index is 0.742. The lowest BCUT2D eigenvalue weighted by molar-refractivity contribution is -0.184. The van der Waals surface area contributed by atoms with Gasteiger partial charge in [-0.1, -0.05) is 6.92 Å². The van der Waals surface area contributed by atoms with Gasteiger partial charge in [-0.25, -0.2) is 0 Å². The van der Waals surface area contributed by atoms with Gasteiger partial charge in [0.05, 0.1) is 5.92 Å². The van der Waals surface area contributed by atoms with Crippen molar-refractivity contribution in [3.05, 3.63) is 0 Å². The Kier molecular flexibility index (Phi) is 3.41. The van der Waals surface area contributed by atoms with E-state index in [0.29, 0.717) is 0 Å². The van der Waals surface area contributed by atoms with E-state index in [9.17, 15) is 26.3 Å². The summed E-state index contributed by atoms with van der Waals surface area (Å²) >= 11 is 0. The molecular weight excluding hydrogens is 186 g/mol. The highest BCUT2D eigenvalue weighted by atomic mass is 19.4. The largest absolute Gasteiger partial charge is 0.391 e. The van der Waals surface area contributed by atoms with E-state index in [2.05, 4.69) is 0 Å². The van der Waals surface area contributed by atoms with Gasteiger partial charge < -0.3 is 0 Å². The molecule has 6 heteroatoms. The van der Waals surface area contributed by atoms with Crippen molar-refractivity contribution >= 4 is 0 Å². The summed E-state index contributed by atoms with van der Waals surface area (Å²) in [5, 5.41) is 0. The standard InChI is InChI=1S/C6H8F6/c1-4(6(10,11)12)2-3-5(7,8)9/h4H,2-3H2,1H3/t4-/m0/s1. The third kappa shape index (κ3) is 5.26. The van der Waals surface area contributed by atoms with E-state index in [-0.39, 0.29) is 0 Å². The normalized spacial score (nSPS) is 16.2. The molecule has 0 bridgehead atoms. The highest BCUT2D eigenvalue weighted by Gasteiger charge is 2.38. The first kappa shape index (κ1) is 11.6. The summed E-state index contributed by atoms with van der Waals surface area (Å²) in [5.41, 5.74) is 0. The molecule has 0 unspecified atom stereocenters. The van der Waals surface area contributed by atoms with Gasteiger partial charge in [0, 0.05) is 6.42 Å². The summed E-state index contributed by atoms with van der Waals surface area (Å²) in [4.78, 5) is 0. The van der Waals surface area contributed by atoms with Crippen molar-refractivity contribution in [1.82, 2.24) is 0 Å². The Morgan fingerprint density at radius 2 is 1.42 bits per heavy atom. The average molecular weight is 194 g/mol. The zero-order valence-corrected chi connectivity index (χ0v) is 6.26. The zero-order chi connectivity index (χ0) is 9.99. The molecule has 0 amide bonds. The first-order valence-corrected chi connectivity index (χ1v) is 3.26. The van der Waals surface area contributed by atoms with Crippen LogP contribution in [0.15, 0.2) is 0 Å². The van der Waals surface area contributed by atoms with E-state index in [1.165, 1.54) is 0 Å². The van der Waals surface area contributed by atoms with E-state index in [0.717, 1.165) is 6.92 Å². The fraction of sp³-hybridized carbons (Fsp3) is 1.00. The van der Waals surface area contributed by atoms with E-state index in [4.69, 9.17) is 0 Å². The molecule has 12 heavy (non-hydrogen) atoms. The number of rotatable bonds is 2. The molecule has 0 rings (SSSR count). The molecule has 0 nitrogen and oxygen atoms in total. The highest BCUT2D eigenvalue weighted by Crippen LogP contribution is 2.32. The second kappa shape index (κ2) is 3.53. The smallest absolute Gasteiger partial charge is 0.171 e. The van der Waals surface area contributed by atoms with Gasteiger partial charge in [0.2, 0.25) is 0 Å². The molecule has 0 saturated carbocycles. The van der Waals surface area contributed by atoms with Gasteiger partial charge in [0.1, 0.15) is 0 Å². The molecule has 0 fully saturated rings. The summed E-state index contributed by atoms with van der Waals surface area (Å²) < 4.78 is 69.3. The van der Waals surface area contributed by atoms with E-state index < -0.39 is 31.1 Å². The average Bonchev–Trinajstić information content (AvgIpc) is 1.78. The maximum Gasteiger partial charge on any atom is 0.391 e. The maximum atomic E-state index is 11.7. The van der Waals surface area contributed by atoms with E-state index in [1.54, 1.807) is 0 Å². The van der Waals surface area contributed by atoms with Crippen molar-refractivity contribution in [3.63, 3.8) is 0 Å².